The van der Waals surface area contributed by atoms with Crippen LogP contribution in [0.15, 0.2) is 62.7 Å². The molecular formula is C28H30N4O4. The van der Waals surface area contributed by atoms with Crippen molar-refractivity contribution in [3.05, 3.63) is 91.8 Å². The van der Waals surface area contributed by atoms with Gasteiger partial charge in [-0.1, -0.05) is 43.7 Å². The van der Waals surface area contributed by atoms with E-state index in [1.807, 2.05) is 37.3 Å². The highest BCUT2D eigenvalue weighted by Crippen LogP contribution is 2.31. The zero-order valence-electron chi connectivity index (χ0n) is 20.4. The largest absolute Gasteiger partial charge is 0.464 e. The Bertz CT molecular complexity index is 1530. The van der Waals surface area contributed by atoms with Crippen LogP contribution in [0.5, 0.6) is 0 Å². The number of carbonyl (C=O) groups excluding carboxylic acids is 1. The van der Waals surface area contributed by atoms with E-state index in [0.29, 0.717) is 13.0 Å². The third-order valence-electron chi connectivity index (χ3n) is 6.91. The number of fused-ring (bicyclic) bond motifs is 2. The zero-order chi connectivity index (χ0) is 25.2. The maximum absolute atomic E-state index is 13.8. The van der Waals surface area contributed by atoms with Crippen LogP contribution in [-0.4, -0.2) is 15.5 Å². The van der Waals surface area contributed by atoms with Gasteiger partial charge in [-0.15, -0.1) is 0 Å². The SMILES string of the molecule is CCCCn1c(N)c(N(Cc2ccccc2)C(=O)Cc2coc3cc4c(cc23)CCC4)c(=O)[nH]c1=O. The van der Waals surface area contributed by atoms with Gasteiger partial charge in [-0.2, -0.15) is 0 Å². The highest BCUT2D eigenvalue weighted by atomic mass is 16.3. The quantitative estimate of drug-likeness (QED) is 0.392. The second-order valence-electron chi connectivity index (χ2n) is 9.37. The minimum atomic E-state index is -0.676. The number of amides is 1. The number of benzene rings is 2. The lowest BCUT2D eigenvalue weighted by Gasteiger charge is -2.24. The van der Waals surface area contributed by atoms with Crippen molar-refractivity contribution in [2.24, 2.45) is 0 Å². The fraction of sp³-hybridized carbons (Fsp3) is 0.321. The predicted molar refractivity (Wildman–Crippen MR) is 140 cm³/mol. The van der Waals surface area contributed by atoms with Crippen LogP contribution < -0.4 is 21.9 Å². The van der Waals surface area contributed by atoms with E-state index in [1.54, 1.807) is 6.26 Å². The monoisotopic (exact) mass is 486 g/mol. The number of hydrogen-bond donors (Lipinski definition) is 2. The second kappa shape index (κ2) is 9.89. The van der Waals surface area contributed by atoms with Crippen LogP contribution in [-0.2, 0) is 37.1 Å². The van der Waals surface area contributed by atoms with Crippen LogP contribution in [0.4, 0.5) is 11.5 Å². The van der Waals surface area contributed by atoms with Crippen LogP contribution in [0.1, 0.15) is 48.4 Å². The molecule has 8 nitrogen and oxygen atoms in total. The lowest BCUT2D eigenvalue weighted by molar-refractivity contribution is -0.118. The van der Waals surface area contributed by atoms with Crippen molar-refractivity contribution in [2.45, 2.75) is 58.5 Å². The Morgan fingerprint density at radius 3 is 2.64 bits per heavy atom. The van der Waals surface area contributed by atoms with Crippen LogP contribution in [0.25, 0.3) is 11.0 Å². The summed E-state index contributed by atoms with van der Waals surface area (Å²) in [5, 5.41) is 0.915. The number of nitrogens with zero attached hydrogens (tertiary/aromatic N) is 2. The van der Waals surface area contributed by atoms with Gasteiger partial charge in [0.05, 0.1) is 19.2 Å². The number of hydrogen-bond acceptors (Lipinski definition) is 5. The Hall–Kier alpha value is -4.07. The number of rotatable bonds is 8. The number of nitrogens with one attached hydrogen (secondary N) is 1. The smallest absolute Gasteiger partial charge is 0.330 e. The third-order valence-corrected chi connectivity index (χ3v) is 6.91. The number of carbonyl (C=O) groups is 1. The average Bonchev–Trinajstić information content (AvgIpc) is 3.48. The molecule has 186 valence electrons. The van der Waals surface area contributed by atoms with Crippen LogP contribution in [0, 0.1) is 0 Å². The summed E-state index contributed by atoms with van der Waals surface area (Å²) in [6.07, 6.45) is 6.41. The number of aromatic nitrogens is 2. The minimum Gasteiger partial charge on any atom is -0.464 e. The van der Waals surface area contributed by atoms with Gasteiger partial charge in [0.2, 0.25) is 5.91 Å². The molecular weight excluding hydrogens is 456 g/mol. The first-order chi connectivity index (χ1) is 17.5. The number of unbranched alkanes of at least 4 members (excludes halogenated alkanes) is 1. The number of anilines is 2. The summed E-state index contributed by atoms with van der Waals surface area (Å²) in [5.41, 5.74) is 10.1. The van der Waals surface area contributed by atoms with Crippen molar-refractivity contribution in [1.29, 1.82) is 0 Å². The van der Waals surface area contributed by atoms with Gasteiger partial charge in [-0.25, -0.2) is 4.79 Å². The number of aryl methyl sites for hydroxylation is 2. The number of nitrogens with two attached hydrogens (primary N) is 1. The van der Waals surface area contributed by atoms with Gasteiger partial charge in [-0.3, -0.25) is 24.0 Å². The van der Waals surface area contributed by atoms with Crippen molar-refractivity contribution in [1.82, 2.24) is 9.55 Å². The fourth-order valence-electron chi connectivity index (χ4n) is 4.98. The molecule has 36 heavy (non-hydrogen) atoms. The average molecular weight is 487 g/mol. The Labute approximate surface area is 208 Å². The second-order valence-corrected chi connectivity index (χ2v) is 9.37. The first-order valence-corrected chi connectivity index (χ1v) is 12.4. The minimum absolute atomic E-state index is 0.00338. The van der Waals surface area contributed by atoms with Gasteiger partial charge in [-0.05, 0) is 54.5 Å². The predicted octanol–water partition coefficient (Wildman–Crippen LogP) is 3.93. The van der Waals surface area contributed by atoms with Crippen LogP contribution in [0.2, 0.25) is 0 Å². The van der Waals surface area contributed by atoms with Gasteiger partial charge < -0.3 is 10.2 Å². The van der Waals surface area contributed by atoms with E-state index in [0.717, 1.165) is 47.8 Å². The molecule has 0 fully saturated rings. The molecule has 3 N–H and O–H groups in total. The molecule has 0 bridgehead atoms. The summed E-state index contributed by atoms with van der Waals surface area (Å²) < 4.78 is 7.13. The number of furan rings is 1. The third kappa shape index (κ3) is 4.46. The van der Waals surface area contributed by atoms with E-state index in [-0.39, 0.29) is 30.4 Å². The van der Waals surface area contributed by atoms with Gasteiger partial charge >= 0.3 is 5.69 Å². The molecule has 0 aliphatic heterocycles. The van der Waals surface area contributed by atoms with E-state index in [4.69, 9.17) is 10.2 Å². The summed E-state index contributed by atoms with van der Waals surface area (Å²) in [6.45, 7) is 2.50. The van der Waals surface area contributed by atoms with Crippen LogP contribution in [0.3, 0.4) is 0 Å². The number of H-pyrrole nitrogens is 1. The first-order valence-electron chi connectivity index (χ1n) is 12.4. The van der Waals surface area contributed by atoms with E-state index in [2.05, 4.69) is 17.1 Å². The molecule has 2 aromatic carbocycles. The molecule has 0 atom stereocenters. The Morgan fingerprint density at radius 2 is 1.89 bits per heavy atom. The number of aromatic amines is 1. The van der Waals surface area contributed by atoms with Crippen molar-refractivity contribution >= 4 is 28.4 Å². The van der Waals surface area contributed by atoms with Crippen molar-refractivity contribution in [3.8, 4) is 0 Å². The summed E-state index contributed by atoms with van der Waals surface area (Å²) >= 11 is 0. The number of nitrogen functional groups attached to an aromatic ring is 1. The highest BCUT2D eigenvalue weighted by molar-refractivity contribution is 5.99. The van der Waals surface area contributed by atoms with Crippen molar-refractivity contribution in [3.63, 3.8) is 0 Å². The molecule has 8 heteroatoms. The Morgan fingerprint density at radius 1 is 1.14 bits per heavy atom. The van der Waals surface area contributed by atoms with Crippen LogP contribution >= 0.6 is 0 Å². The molecule has 5 rings (SSSR count). The molecule has 0 saturated carbocycles. The first kappa shape index (κ1) is 23.7. The van der Waals surface area contributed by atoms with Crippen molar-refractivity contribution in [2.75, 3.05) is 10.6 Å². The lowest BCUT2D eigenvalue weighted by Crippen LogP contribution is -2.41. The summed E-state index contributed by atoms with van der Waals surface area (Å²) in [6, 6.07) is 13.6. The Balaban J connectivity index is 1.55. The molecule has 0 saturated heterocycles. The summed E-state index contributed by atoms with van der Waals surface area (Å²) in [7, 11) is 0. The van der Waals surface area contributed by atoms with Crippen molar-refractivity contribution < 1.29 is 9.21 Å². The molecule has 4 aromatic rings. The fourth-order valence-corrected chi connectivity index (χ4v) is 4.98. The lowest BCUT2D eigenvalue weighted by atomic mass is 10.0. The molecule has 2 aromatic heterocycles. The summed E-state index contributed by atoms with van der Waals surface area (Å²) in [4.78, 5) is 43.0. The standard InChI is InChI=1S/C28H30N4O4/c1-2-3-12-31-26(29)25(27(34)30-28(31)35)32(16-18-8-5-4-6-9-18)24(33)15-21-17-36-23-14-20-11-7-10-19(20)13-22(21)23/h4-6,8-9,13-14,17H,2-3,7,10-12,15-16,29H2,1H3,(H,30,34,35). The Kier molecular flexibility index (Phi) is 6.50. The molecule has 1 aliphatic carbocycles. The van der Waals surface area contributed by atoms with Gasteiger partial charge in [0, 0.05) is 17.5 Å². The molecule has 2 heterocycles. The van der Waals surface area contributed by atoms with E-state index in [9.17, 15) is 14.4 Å². The molecule has 1 aliphatic rings. The van der Waals surface area contributed by atoms with Gasteiger partial charge in [0.15, 0.2) is 5.69 Å². The molecule has 0 spiro atoms. The van der Waals surface area contributed by atoms with E-state index < -0.39 is 11.2 Å². The molecule has 0 unspecified atom stereocenters. The highest BCUT2D eigenvalue weighted by Gasteiger charge is 2.26. The topological polar surface area (TPSA) is 114 Å². The molecule has 0 radical (unpaired) electrons. The van der Waals surface area contributed by atoms with Gasteiger partial charge in [0.25, 0.3) is 5.56 Å². The summed E-state index contributed by atoms with van der Waals surface area (Å²) in [5.74, 6) is -0.309. The van der Waals surface area contributed by atoms with E-state index in [1.165, 1.54) is 20.6 Å². The normalized spacial score (nSPS) is 12.7. The van der Waals surface area contributed by atoms with Gasteiger partial charge in [0.1, 0.15) is 11.4 Å². The maximum atomic E-state index is 13.8. The molecule has 1 amide bonds. The maximum Gasteiger partial charge on any atom is 0.330 e. The van der Waals surface area contributed by atoms with E-state index >= 15 is 0 Å². The zero-order valence-corrected chi connectivity index (χ0v) is 20.4.